The van der Waals surface area contributed by atoms with Crippen molar-refractivity contribution >= 4 is 17.7 Å². The average Bonchev–Trinajstić information content (AvgIpc) is 2.74. The van der Waals surface area contributed by atoms with Gasteiger partial charge in [-0.3, -0.25) is 4.79 Å². The van der Waals surface area contributed by atoms with Crippen LogP contribution < -0.4 is 5.73 Å². The number of carboxylic acids is 1. The number of carbonyl (C=O) groups is 1. The zero-order valence-corrected chi connectivity index (χ0v) is 11.8. The molecule has 0 aliphatic carbocycles. The summed E-state index contributed by atoms with van der Waals surface area (Å²) >= 11 is 1.40. The van der Waals surface area contributed by atoms with Crippen molar-refractivity contribution in [1.82, 2.24) is 10.1 Å². The minimum Gasteiger partial charge on any atom is -0.480 e. The van der Waals surface area contributed by atoms with Crippen LogP contribution >= 0.6 is 11.8 Å². The molecule has 0 radical (unpaired) electrons. The lowest BCUT2D eigenvalue weighted by atomic mass is 10.1. The number of thioether (sulfide) groups is 1. The molecule has 0 amide bonds. The average molecular weight is 273 g/mol. The van der Waals surface area contributed by atoms with Crippen LogP contribution in [0.4, 0.5) is 0 Å². The maximum Gasteiger partial charge on any atom is 0.321 e. The quantitative estimate of drug-likeness (QED) is 0.811. The summed E-state index contributed by atoms with van der Waals surface area (Å²) in [6.45, 7) is 7.52. The van der Waals surface area contributed by atoms with Crippen LogP contribution in [0.3, 0.4) is 0 Å². The number of rotatable bonds is 6. The van der Waals surface area contributed by atoms with E-state index in [0.717, 1.165) is 0 Å². The summed E-state index contributed by atoms with van der Waals surface area (Å²) in [5.41, 5.74) is 5.63. The van der Waals surface area contributed by atoms with Crippen LogP contribution in [0.1, 0.15) is 45.3 Å². The topological polar surface area (TPSA) is 102 Å². The van der Waals surface area contributed by atoms with Gasteiger partial charge in [-0.15, -0.1) is 11.8 Å². The Morgan fingerprint density at radius 1 is 1.56 bits per heavy atom. The molecule has 0 unspecified atom stereocenters. The minimum absolute atomic E-state index is 0.186. The number of hydrogen-bond acceptors (Lipinski definition) is 6. The third-order valence-electron chi connectivity index (χ3n) is 2.57. The molecule has 1 aromatic rings. The lowest BCUT2D eigenvalue weighted by molar-refractivity contribution is -0.139. The van der Waals surface area contributed by atoms with Crippen LogP contribution in [0.15, 0.2) is 4.52 Å². The zero-order chi connectivity index (χ0) is 13.9. The maximum atomic E-state index is 10.9. The monoisotopic (exact) mass is 273 g/mol. The van der Waals surface area contributed by atoms with E-state index in [2.05, 4.69) is 10.1 Å². The fraction of sp³-hybridized carbons (Fsp3) is 0.727. The molecular formula is C11H19N3O3S. The first-order valence-electron chi connectivity index (χ1n) is 5.69. The molecule has 7 heteroatoms. The second-order valence-electron chi connectivity index (χ2n) is 4.91. The van der Waals surface area contributed by atoms with Gasteiger partial charge in [0.05, 0.1) is 5.75 Å². The van der Waals surface area contributed by atoms with Crippen LogP contribution in [0.2, 0.25) is 0 Å². The first kappa shape index (κ1) is 15.0. The lowest BCUT2D eigenvalue weighted by Gasteiger charge is -2.27. The van der Waals surface area contributed by atoms with E-state index < -0.39 is 16.8 Å². The number of hydrogen-bond donors (Lipinski definition) is 2. The van der Waals surface area contributed by atoms with Crippen molar-refractivity contribution in [3.63, 3.8) is 0 Å². The highest BCUT2D eigenvalue weighted by Gasteiger charge is 2.33. The second kappa shape index (κ2) is 5.71. The Labute approximate surface area is 110 Å². The van der Waals surface area contributed by atoms with Crippen LogP contribution in [0.25, 0.3) is 0 Å². The molecule has 0 aliphatic rings. The van der Waals surface area contributed by atoms with Gasteiger partial charge in [-0.2, -0.15) is 4.98 Å². The normalized spacial score (nSPS) is 13.9. The Bertz CT molecular complexity index is 417. The first-order valence-corrected chi connectivity index (χ1v) is 6.67. The molecule has 0 spiro atoms. The van der Waals surface area contributed by atoms with Gasteiger partial charge in [-0.1, -0.05) is 19.0 Å². The Morgan fingerprint density at radius 3 is 2.61 bits per heavy atom. The molecule has 0 aromatic carbocycles. The predicted octanol–water partition coefficient (Wildman–Crippen LogP) is 1.62. The van der Waals surface area contributed by atoms with Gasteiger partial charge in [0.1, 0.15) is 6.04 Å². The molecule has 0 saturated heterocycles. The highest BCUT2D eigenvalue weighted by atomic mass is 32.2. The molecule has 0 fully saturated rings. The Kier molecular flexibility index (Phi) is 4.75. The number of aliphatic carboxylic acids is 1. The van der Waals surface area contributed by atoms with Gasteiger partial charge in [0.25, 0.3) is 0 Å². The molecule has 6 nitrogen and oxygen atoms in total. The Balaban J connectivity index is 2.61. The van der Waals surface area contributed by atoms with E-state index in [1.54, 1.807) is 13.8 Å². The van der Waals surface area contributed by atoms with Crippen LogP contribution in [0, 0.1) is 0 Å². The highest BCUT2D eigenvalue weighted by Crippen LogP contribution is 2.30. The van der Waals surface area contributed by atoms with Gasteiger partial charge in [-0.25, -0.2) is 0 Å². The van der Waals surface area contributed by atoms with Crippen molar-refractivity contribution in [3.8, 4) is 0 Å². The molecular weight excluding hydrogens is 254 g/mol. The molecule has 1 aromatic heterocycles. The Morgan fingerprint density at radius 2 is 2.17 bits per heavy atom. The lowest BCUT2D eigenvalue weighted by Crippen LogP contribution is -2.46. The maximum absolute atomic E-state index is 10.9. The second-order valence-corrected chi connectivity index (χ2v) is 6.54. The standard InChI is InChI=1S/C11H19N3O3S/c1-6(2)9-13-7(14-17-9)5-18-11(3,4)8(12)10(15)16/h6,8H,5,12H2,1-4H3,(H,15,16)/t8-/m1/s1. The molecule has 0 bridgehead atoms. The summed E-state index contributed by atoms with van der Waals surface area (Å²) in [7, 11) is 0. The fourth-order valence-corrected chi connectivity index (χ4v) is 2.10. The van der Waals surface area contributed by atoms with Gasteiger partial charge in [-0.05, 0) is 13.8 Å². The highest BCUT2D eigenvalue weighted by molar-refractivity contribution is 7.99. The van der Waals surface area contributed by atoms with E-state index in [4.69, 9.17) is 15.4 Å². The minimum atomic E-state index is -1.01. The molecule has 18 heavy (non-hydrogen) atoms. The molecule has 102 valence electrons. The summed E-state index contributed by atoms with van der Waals surface area (Å²) in [6.07, 6.45) is 0. The predicted molar refractivity (Wildman–Crippen MR) is 69.4 cm³/mol. The summed E-state index contributed by atoms with van der Waals surface area (Å²) in [5.74, 6) is 0.804. The summed E-state index contributed by atoms with van der Waals surface area (Å²) in [5, 5.41) is 12.8. The number of carboxylic acid groups (broad SMARTS) is 1. The van der Waals surface area contributed by atoms with Crippen molar-refractivity contribution in [3.05, 3.63) is 11.7 Å². The summed E-state index contributed by atoms with van der Waals surface area (Å²) in [4.78, 5) is 15.1. The van der Waals surface area contributed by atoms with Crippen LogP contribution in [0.5, 0.6) is 0 Å². The molecule has 1 heterocycles. The number of nitrogens with zero attached hydrogens (tertiary/aromatic N) is 2. The van der Waals surface area contributed by atoms with Gasteiger partial charge < -0.3 is 15.4 Å². The third-order valence-corrected chi connectivity index (χ3v) is 3.97. The van der Waals surface area contributed by atoms with E-state index in [1.165, 1.54) is 11.8 Å². The van der Waals surface area contributed by atoms with Gasteiger partial charge in [0, 0.05) is 10.7 Å². The van der Waals surface area contributed by atoms with Gasteiger partial charge in [0.2, 0.25) is 5.89 Å². The number of aromatic nitrogens is 2. The summed E-state index contributed by atoms with van der Waals surface area (Å²) < 4.78 is 4.48. The van der Waals surface area contributed by atoms with Crippen molar-refractivity contribution in [2.45, 2.75) is 50.2 Å². The molecule has 0 saturated carbocycles. The molecule has 1 rings (SSSR count). The van der Waals surface area contributed by atoms with Crippen molar-refractivity contribution in [1.29, 1.82) is 0 Å². The molecule has 3 N–H and O–H groups in total. The van der Waals surface area contributed by atoms with Gasteiger partial charge in [0.15, 0.2) is 5.82 Å². The van der Waals surface area contributed by atoms with E-state index in [9.17, 15) is 4.79 Å². The van der Waals surface area contributed by atoms with Crippen molar-refractivity contribution in [2.75, 3.05) is 0 Å². The van der Waals surface area contributed by atoms with Crippen LogP contribution in [-0.4, -0.2) is 32.0 Å². The molecule has 0 aliphatic heterocycles. The van der Waals surface area contributed by atoms with E-state index in [0.29, 0.717) is 17.5 Å². The largest absolute Gasteiger partial charge is 0.480 e. The first-order chi connectivity index (χ1) is 8.24. The fourth-order valence-electron chi connectivity index (χ4n) is 1.20. The zero-order valence-electron chi connectivity index (χ0n) is 11.0. The van der Waals surface area contributed by atoms with Crippen molar-refractivity contribution < 1.29 is 14.4 Å². The Hall–Kier alpha value is -1.08. The van der Waals surface area contributed by atoms with E-state index >= 15 is 0 Å². The smallest absolute Gasteiger partial charge is 0.321 e. The summed E-state index contributed by atoms with van der Waals surface area (Å²) in [6, 6.07) is -0.932. The van der Waals surface area contributed by atoms with E-state index in [1.807, 2.05) is 13.8 Å². The molecule has 1 atom stereocenters. The number of nitrogens with two attached hydrogens (primary N) is 1. The third kappa shape index (κ3) is 3.71. The van der Waals surface area contributed by atoms with E-state index in [-0.39, 0.29) is 5.92 Å². The van der Waals surface area contributed by atoms with Crippen molar-refractivity contribution in [2.24, 2.45) is 5.73 Å². The SMILES string of the molecule is CC(C)c1nc(CSC(C)(C)[C@H](N)C(=O)O)no1. The van der Waals surface area contributed by atoms with Crippen LogP contribution in [-0.2, 0) is 10.5 Å². The van der Waals surface area contributed by atoms with Gasteiger partial charge >= 0.3 is 5.97 Å².